The molecule has 0 aromatic rings. The average Bonchev–Trinajstić information content (AvgIpc) is 3.06. The molecule has 1 rings (SSSR count). The first-order valence-corrected chi connectivity index (χ1v) is 6.20. The van der Waals surface area contributed by atoms with E-state index in [2.05, 4.69) is 11.8 Å². The second-order valence-corrected chi connectivity index (χ2v) is 5.32. The maximum Gasteiger partial charge on any atom is 0.238 e. The molecule has 1 amide bonds. The Morgan fingerprint density at radius 1 is 1.59 bits per heavy atom. The van der Waals surface area contributed by atoms with E-state index in [1.807, 2.05) is 0 Å². The van der Waals surface area contributed by atoms with Gasteiger partial charge in [-0.15, -0.1) is 0 Å². The third-order valence-electron chi connectivity index (χ3n) is 3.56. The zero-order valence-electron chi connectivity index (χ0n) is 11.1. The molecule has 0 aromatic carbocycles. The third kappa shape index (κ3) is 4.26. The summed E-state index contributed by atoms with van der Waals surface area (Å²) in [6.07, 6.45) is 2.53. The smallest absolute Gasteiger partial charge is 0.238 e. The largest absolute Gasteiger partial charge is 0.383 e. The molecule has 17 heavy (non-hydrogen) atoms. The summed E-state index contributed by atoms with van der Waals surface area (Å²) in [5, 5.41) is 0. The highest BCUT2D eigenvalue weighted by Crippen LogP contribution is 2.35. The van der Waals surface area contributed by atoms with Crippen molar-refractivity contribution in [2.24, 2.45) is 17.4 Å². The number of amides is 1. The quantitative estimate of drug-likeness (QED) is 0.625. The lowest BCUT2D eigenvalue weighted by Crippen LogP contribution is -2.58. The zero-order chi connectivity index (χ0) is 13.1. The molecule has 2 atom stereocenters. The fourth-order valence-corrected chi connectivity index (χ4v) is 2.01. The molecule has 0 radical (unpaired) electrons. The van der Waals surface area contributed by atoms with Crippen LogP contribution in [0.3, 0.4) is 0 Å². The minimum Gasteiger partial charge on any atom is -0.383 e. The predicted octanol–water partition coefficient (Wildman–Crippen LogP) is -0.0640. The lowest BCUT2D eigenvalue weighted by atomic mass is 10.0. The summed E-state index contributed by atoms with van der Waals surface area (Å²) in [4.78, 5) is 13.5. The molecule has 1 aliphatic rings. The molecule has 5 nitrogen and oxygen atoms in total. The van der Waals surface area contributed by atoms with Crippen molar-refractivity contribution < 1.29 is 9.53 Å². The molecule has 5 heteroatoms. The normalized spacial score (nSPS) is 21.2. The second kappa shape index (κ2) is 5.80. The predicted molar refractivity (Wildman–Crippen MR) is 67.4 cm³/mol. The van der Waals surface area contributed by atoms with E-state index >= 15 is 0 Å². The fourth-order valence-electron chi connectivity index (χ4n) is 2.01. The van der Waals surface area contributed by atoms with E-state index in [1.54, 1.807) is 14.0 Å². The lowest BCUT2D eigenvalue weighted by molar-refractivity contribution is -0.123. The highest BCUT2D eigenvalue weighted by Gasteiger charge is 2.36. The Bertz CT molecular complexity index is 264. The van der Waals surface area contributed by atoms with Gasteiger partial charge in [0.05, 0.1) is 6.61 Å². The van der Waals surface area contributed by atoms with E-state index in [0.29, 0.717) is 19.2 Å². The highest BCUT2D eigenvalue weighted by atomic mass is 16.5. The number of nitrogens with two attached hydrogens (primary N) is 2. The van der Waals surface area contributed by atoms with E-state index in [1.165, 1.54) is 12.8 Å². The molecular weight excluding hydrogens is 218 g/mol. The standard InChI is InChI=1S/C12H25N3O2/c1-9(10-4-5-10)15(6-7-17-3)8-12(2,14)11(13)16/h9-10H,4-8,14H2,1-3H3,(H2,13,16). The molecule has 1 fully saturated rings. The Morgan fingerprint density at radius 2 is 2.18 bits per heavy atom. The van der Waals surface area contributed by atoms with Gasteiger partial charge in [0.15, 0.2) is 0 Å². The Kier molecular flexibility index (Phi) is 4.91. The van der Waals surface area contributed by atoms with Crippen molar-refractivity contribution in [3.63, 3.8) is 0 Å². The fraction of sp³-hybridized carbons (Fsp3) is 0.917. The molecule has 0 heterocycles. The molecule has 0 saturated heterocycles. The Hall–Kier alpha value is -0.650. The molecule has 0 bridgehead atoms. The van der Waals surface area contributed by atoms with Crippen LogP contribution >= 0.6 is 0 Å². The van der Waals surface area contributed by atoms with Gasteiger partial charge in [0.1, 0.15) is 5.54 Å². The minimum absolute atomic E-state index is 0.437. The topological polar surface area (TPSA) is 81.6 Å². The van der Waals surface area contributed by atoms with Crippen LogP contribution in [0.25, 0.3) is 0 Å². The number of rotatable bonds is 8. The maximum absolute atomic E-state index is 11.3. The van der Waals surface area contributed by atoms with Crippen molar-refractivity contribution >= 4 is 5.91 Å². The molecule has 100 valence electrons. The van der Waals surface area contributed by atoms with E-state index in [-0.39, 0.29) is 0 Å². The summed E-state index contributed by atoms with van der Waals surface area (Å²) in [6.45, 7) is 5.79. The number of hydrogen-bond donors (Lipinski definition) is 2. The van der Waals surface area contributed by atoms with Crippen LogP contribution in [-0.2, 0) is 9.53 Å². The number of ether oxygens (including phenoxy) is 1. The number of hydrogen-bond acceptors (Lipinski definition) is 4. The van der Waals surface area contributed by atoms with E-state index in [0.717, 1.165) is 12.5 Å². The molecule has 0 spiro atoms. The van der Waals surface area contributed by atoms with Crippen LogP contribution in [0, 0.1) is 5.92 Å². The first kappa shape index (κ1) is 14.4. The number of primary amides is 1. The lowest BCUT2D eigenvalue weighted by Gasteiger charge is -2.34. The Morgan fingerprint density at radius 3 is 2.59 bits per heavy atom. The van der Waals surface area contributed by atoms with Gasteiger partial charge in [-0.3, -0.25) is 9.69 Å². The van der Waals surface area contributed by atoms with Crippen LogP contribution in [-0.4, -0.2) is 49.2 Å². The Balaban J connectivity index is 2.58. The van der Waals surface area contributed by atoms with E-state index in [9.17, 15) is 4.79 Å². The molecule has 2 unspecified atom stereocenters. The van der Waals surface area contributed by atoms with Crippen molar-refractivity contribution in [1.29, 1.82) is 0 Å². The van der Waals surface area contributed by atoms with Crippen LogP contribution in [0.5, 0.6) is 0 Å². The summed E-state index contributed by atoms with van der Waals surface area (Å²) in [7, 11) is 1.68. The minimum atomic E-state index is -0.975. The summed E-state index contributed by atoms with van der Waals surface area (Å²) in [6, 6.07) is 0.437. The number of carbonyl (C=O) groups excluding carboxylic acids is 1. The van der Waals surface area contributed by atoms with Crippen molar-refractivity contribution in [3.8, 4) is 0 Å². The van der Waals surface area contributed by atoms with Gasteiger partial charge in [-0.25, -0.2) is 0 Å². The van der Waals surface area contributed by atoms with Gasteiger partial charge in [0, 0.05) is 26.2 Å². The van der Waals surface area contributed by atoms with Crippen molar-refractivity contribution in [2.45, 2.75) is 38.3 Å². The first-order chi connectivity index (χ1) is 7.88. The second-order valence-electron chi connectivity index (χ2n) is 5.32. The molecule has 4 N–H and O–H groups in total. The molecule has 0 aliphatic heterocycles. The van der Waals surface area contributed by atoms with E-state index < -0.39 is 11.4 Å². The number of methoxy groups -OCH3 is 1. The maximum atomic E-state index is 11.3. The van der Waals surface area contributed by atoms with Crippen molar-refractivity contribution in [1.82, 2.24) is 4.90 Å². The summed E-state index contributed by atoms with van der Waals surface area (Å²) in [5.41, 5.74) is 10.3. The molecule has 1 saturated carbocycles. The van der Waals surface area contributed by atoms with Crippen LogP contribution in [0.15, 0.2) is 0 Å². The van der Waals surface area contributed by atoms with Crippen molar-refractivity contribution in [3.05, 3.63) is 0 Å². The monoisotopic (exact) mass is 243 g/mol. The molecule has 0 aromatic heterocycles. The van der Waals surface area contributed by atoms with Gasteiger partial charge in [-0.2, -0.15) is 0 Å². The first-order valence-electron chi connectivity index (χ1n) is 6.20. The van der Waals surface area contributed by atoms with Gasteiger partial charge >= 0.3 is 0 Å². The zero-order valence-corrected chi connectivity index (χ0v) is 11.1. The molecular formula is C12H25N3O2. The van der Waals surface area contributed by atoms with Crippen molar-refractivity contribution in [2.75, 3.05) is 26.8 Å². The van der Waals surface area contributed by atoms with Gasteiger partial charge < -0.3 is 16.2 Å². The number of nitrogens with zero attached hydrogens (tertiary/aromatic N) is 1. The SMILES string of the molecule is COCCN(CC(C)(N)C(N)=O)C(C)C1CC1. The third-order valence-corrected chi connectivity index (χ3v) is 3.56. The number of carbonyl (C=O) groups is 1. The van der Waals surface area contributed by atoms with Gasteiger partial charge in [-0.1, -0.05) is 0 Å². The van der Waals surface area contributed by atoms with E-state index in [4.69, 9.17) is 16.2 Å². The van der Waals surface area contributed by atoms with Gasteiger partial charge in [0.25, 0.3) is 0 Å². The van der Waals surface area contributed by atoms with Crippen LogP contribution in [0.1, 0.15) is 26.7 Å². The molecule has 1 aliphatic carbocycles. The van der Waals surface area contributed by atoms with Gasteiger partial charge in [0.2, 0.25) is 5.91 Å². The Labute approximate surface area is 103 Å². The van der Waals surface area contributed by atoms with Crippen LogP contribution in [0.4, 0.5) is 0 Å². The van der Waals surface area contributed by atoms with Crippen LogP contribution in [0.2, 0.25) is 0 Å². The average molecular weight is 243 g/mol. The highest BCUT2D eigenvalue weighted by molar-refractivity contribution is 5.84. The summed E-state index contributed by atoms with van der Waals surface area (Å²) in [5.74, 6) is 0.276. The van der Waals surface area contributed by atoms with Gasteiger partial charge in [-0.05, 0) is 32.6 Å². The summed E-state index contributed by atoms with van der Waals surface area (Å²) < 4.78 is 5.10. The van der Waals surface area contributed by atoms with Crippen LogP contribution < -0.4 is 11.5 Å². The summed E-state index contributed by atoms with van der Waals surface area (Å²) >= 11 is 0.